The molecule has 0 atom stereocenters. The maximum atomic E-state index is 11.8. The van der Waals surface area contributed by atoms with Gasteiger partial charge in [0.05, 0.1) is 12.4 Å². The molecule has 0 aliphatic carbocycles. The van der Waals surface area contributed by atoms with Gasteiger partial charge >= 0.3 is 0 Å². The van der Waals surface area contributed by atoms with Crippen LogP contribution in [0.1, 0.15) is 20.8 Å². The van der Waals surface area contributed by atoms with Gasteiger partial charge in [0.1, 0.15) is 0 Å². The fourth-order valence-electron chi connectivity index (χ4n) is 1.23. The number of nitrogens with zero attached hydrogens (tertiary/aromatic N) is 1. The average molecular weight is 289 g/mol. The van der Waals surface area contributed by atoms with Crippen molar-refractivity contribution in [2.24, 2.45) is 11.1 Å². The van der Waals surface area contributed by atoms with E-state index in [2.05, 4.69) is 0 Å². The molecule has 0 spiro atoms. The maximum Gasteiger partial charge on any atom is 0.216 e. The number of halogens is 1. The zero-order chi connectivity index (χ0) is 12.8. The molecular formula is C10H25ClN2O3S. The highest BCUT2D eigenvalue weighted by atomic mass is 35.5. The Morgan fingerprint density at radius 1 is 1.35 bits per heavy atom. The molecular weight excluding hydrogens is 264 g/mol. The normalized spacial score (nSPS) is 12.6. The topological polar surface area (TPSA) is 72.6 Å². The van der Waals surface area contributed by atoms with Crippen molar-refractivity contribution in [3.8, 4) is 0 Å². The van der Waals surface area contributed by atoms with Crippen LogP contribution in [0.4, 0.5) is 0 Å². The highest BCUT2D eigenvalue weighted by Gasteiger charge is 2.25. The predicted molar refractivity (Wildman–Crippen MR) is 73.0 cm³/mol. The average Bonchev–Trinajstić information content (AvgIpc) is 2.17. The molecule has 0 aliphatic heterocycles. The summed E-state index contributed by atoms with van der Waals surface area (Å²) in [6, 6.07) is 0. The molecule has 0 unspecified atom stereocenters. The summed E-state index contributed by atoms with van der Waals surface area (Å²) in [5.41, 5.74) is 5.37. The zero-order valence-corrected chi connectivity index (χ0v) is 12.7. The first-order valence-corrected chi connectivity index (χ1v) is 7.08. The van der Waals surface area contributed by atoms with Crippen molar-refractivity contribution in [3.63, 3.8) is 0 Å². The Labute approximate surface area is 111 Å². The second-order valence-corrected chi connectivity index (χ2v) is 6.83. The fraction of sp³-hybridized carbons (Fsp3) is 1.00. The number of rotatable bonds is 8. The summed E-state index contributed by atoms with van der Waals surface area (Å²) in [7, 11) is -1.64. The van der Waals surface area contributed by atoms with Gasteiger partial charge in [0.2, 0.25) is 10.0 Å². The molecule has 17 heavy (non-hydrogen) atoms. The quantitative estimate of drug-likeness (QED) is 0.667. The van der Waals surface area contributed by atoms with Crippen molar-refractivity contribution in [1.82, 2.24) is 4.31 Å². The van der Waals surface area contributed by atoms with Gasteiger partial charge in [-0.1, -0.05) is 13.8 Å². The van der Waals surface area contributed by atoms with Gasteiger partial charge < -0.3 is 10.5 Å². The minimum Gasteiger partial charge on any atom is -0.381 e. The van der Waals surface area contributed by atoms with Crippen molar-refractivity contribution < 1.29 is 13.2 Å². The molecule has 5 nitrogen and oxygen atoms in total. The van der Waals surface area contributed by atoms with Gasteiger partial charge in [0.15, 0.2) is 0 Å². The van der Waals surface area contributed by atoms with E-state index in [4.69, 9.17) is 10.5 Å². The molecule has 0 fully saturated rings. The number of hydrogen-bond donors (Lipinski definition) is 1. The molecule has 0 aromatic rings. The first-order chi connectivity index (χ1) is 7.25. The van der Waals surface area contributed by atoms with Gasteiger partial charge in [0, 0.05) is 20.2 Å². The molecule has 0 amide bonds. The van der Waals surface area contributed by atoms with Gasteiger partial charge in [-0.15, -0.1) is 12.4 Å². The first kappa shape index (κ1) is 19.5. The van der Waals surface area contributed by atoms with Crippen molar-refractivity contribution in [1.29, 1.82) is 0 Å². The lowest BCUT2D eigenvalue weighted by Gasteiger charge is -2.28. The molecule has 7 heteroatoms. The van der Waals surface area contributed by atoms with Crippen LogP contribution in [0.15, 0.2) is 0 Å². The summed E-state index contributed by atoms with van der Waals surface area (Å²) in [5.74, 6) is 0.0258. The van der Waals surface area contributed by atoms with Gasteiger partial charge in [-0.3, -0.25) is 0 Å². The third-order valence-electron chi connectivity index (χ3n) is 2.37. The summed E-state index contributed by atoms with van der Waals surface area (Å²) in [5, 5.41) is 0. The van der Waals surface area contributed by atoms with Crippen molar-refractivity contribution in [2.45, 2.75) is 20.8 Å². The largest absolute Gasteiger partial charge is 0.381 e. The smallest absolute Gasteiger partial charge is 0.216 e. The number of ether oxygens (including phenoxy) is 1. The highest BCUT2D eigenvalue weighted by molar-refractivity contribution is 7.89. The van der Waals surface area contributed by atoms with E-state index in [9.17, 15) is 8.42 Å². The minimum atomic E-state index is -3.22. The van der Waals surface area contributed by atoms with E-state index in [-0.39, 0.29) is 30.2 Å². The van der Waals surface area contributed by atoms with Crippen LogP contribution in [0.5, 0.6) is 0 Å². The molecule has 0 aromatic heterocycles. The van der Waals surface area contributed by atoms with Crippen molar-refractivity contribution >= 4 is 22.4 Å². The number of hydrogen-bond acceptors (Lipinski definition) is 4. The molecule has 0 rings (SSSR count). The fourth-order valence-corrected chi connectivity index (χ4v) is 2.42. The van der Waals surface area contributed by atoms with E-state index in [0.717, 1.165) is 0 Å². The maximum absolute atomic E-state index is 11.8. The number of nitrogens with two attached hydrogens (primary N) is 1. The second-order valence-electron chi connectivity index (χ2n) is 4.64. The second kappa shape index (κ2) is 8.26. The van der Waals surface area contributed by atoms with Crippen molar-refractivity contribution in [3.05, 3.63) is 0 Å². The SMILES string of the molecule is CCOCCS(=O)(=O)N(C)CC(C)(C)CN.Cl. The molecule has 0 aromatic carbocycles. The molecule has 0 radical (unpaired) electrons. The summed E-state index contributed by atoms with van der Waals surface area (Å²) in [6.07, 6.45) is 0. The highest BCUT2D eigenvalue weighted by Crippen LogP contribution is 2.15. The Kier molecular flexibility index (Phi) is 9.46. The lowest BCUT2D eigenvalue weighted by Crippen LogP contribution is -2.41. The molecule has 2 N–H and O–H groups in total. The standard InChI is InChI=1S/C10H24N2O3S.ClH/c1-5-15-6-7-16(13,14)12(4)9-10(2,3)8-11;/h5-9,11H2,1-4H3;1H. The Balaban J connectivity index is 0. The van der Waals surface area contributed by atoms with Crippen LogP contribution in [-0.4, -0.2) is 51.8 Å². The van der Waals surface area contributed by atoms with Gasteiger partial charge in [-0.25, -0.2) is 12.7 Å². The minimum absolute atomic E-state index is 0. The summed E-state index contributed by atoms with van der Waals surface area (Å²) in [4.78, 5) is 0. The Morgan fingerprint density at radius 2 is 1.88 bits per heavy atom. The molecule has 0 saturated heterocycles. The van der Waals surface area contributed by atoms with Crippen LogP contribution in [0.25, 0.3) is 0 Å². The van der Waals surface area contributed by atoms with E-state index in [0.29, 0.717) is 19.7 Å². The van der Waals surface area contributed by atoms with E-state index in [1.54, 1.807) is 7.05 Å². The van der Waals surface area contributed by atoms with Crippen LogP contribution in [0.3, 0.4) is 0 Å². The van der Waals surface area contributed by atoms with Gasteiger partial charge in [-0.05, 0) is 18.9 Å². The molecule has 0 heterocycles. The third kappa shape index (κ3) is 7.94. The number of sulfonamides is 1. The Bertz CT molecular complexity index is 294. The van der Waals surface area contributed by atoms with Crippen molar-refractivity contribution in [2.75, 3.05) is 39.1 Å². The Morgan fingerprint density at radius 3 is 2.29 bits per heavy atom. The Hall–Kier alpha value is 0.120. The lowest BCUT2D eigenvalue weighted by molar-refractivity contribution is 0.162. The predicted octanol–water partition coefficient (Wildman–Crippen LogP) is 0.691. The molecule has 0 saturated carbocycles. The summed E-state index contributed by atoms with van der Waals surface area (Å²) < 4.78 is 30.0. The summed E-state index contributed by atoms with van der Waals surface area (Å²) in [6.45, 7) is 7.40. The first-order valence-electron chi connectivity index (χ1n) is 5.47. The summed E-state index contributed by atoms with van der Waals surface area (Å²) >= 11 is 0. The van der Waals surface area contributed by atoms with Crippen LogP contribution in [0, 0.1) is 5.41 Å². The van der Waals surface area contributed by atoms with E-state index < -0.39 is 10.0 Å². The monoisotopic (exact) mass is 288 g/mol. The van der Waals surface area contributed by atoms with E-state index >= 15 is 0 Å². The van der Waals surface area contributed by atoms with Crippen LogP contribution in [-0.2, 0) is 14.8 Å². The van der Waals surface area contributed by atoms with Crippen LogP contribution >= 0.6 is 12.4 Å². The molecule has 0 aliphatic rings. The zero-order valence-electron chi connectivity index (χ0n) is 11.1. The van der Waals surface area contributed by atoms with E-state index in [1.807, 2.05) is 20.8 Å². The van der Waals surface area contributed by atoms with Crippen LogP contribution in [0.2, 0.25) is 0 Å². The van der Waals surface area contributed by atoms with E-state index in [1.165, 1.54) is 4.31 Å². The van der Waals surface area contributed by atoms with Gasteiger partial charge in [-0.2, -0.15) is 0 Å². The van der Waals surface area contributed by atoms with Crippen LogP contribution < -0.4 is 5.73 Å². The lowest BCUT2D eigenvalue weighted by atomic mass is 9.94. The molecule has 106 valence electrons. The third-order valence-corrected chi connectivity index (χ3v) is 4.13. The van der Waals surface area contributed by atoms with Gasteiger partial charge in [0.25, 0.3) is 0 Å². The molecule has 0 bridgehead atoms.